The molecule has 39 heavy (non-hydrogen) atoms. The Kier molecular flexibility index (Phi) is 9.49. The zero-order chi connectivity index (χ0) is 28.0. The van der Waals surface area contributed by atoms with Gasteiger partial charge < -0.3 is 30.1 Å². The first-order chi connectivity index (χ1) is 18.6. The fourth-order valence-corrected chi connectivity index (χ4v) is 4.94. The molecule has 2 aromatic rings. The molecule has 1 amide bonds. The van der Waals surface area contributed by atoms with Gasteiger partial charge in [-0.15, -0.1) is 0 Å². The third-order valence-electron chi connectivity index (χ3n) is 6.97. The highest BCUT2D eigenvalue weighted by atomic mass is 19.4. The second-order valence-electron chi connectivity index (χ2n) is 10.3. The summed E-state index contributed by atoms with van der Waals surface area (Å²) in [6.07, 6.45) is -2.25. The van der Waals surface area contributed by atoms with E-state index in [1.165, 1.54) is 0 Å². The van der Waals surface area contributed by atoms with Crippen LogP contribution in [0.5, 0.6) is 0 Å². The second kappa shape index (κ2) is 12.8. The average Bonchev–Trinajstić information content (AvgIpc) is 3.07. The van der Waals surface area contributed by atoms with Crippen LogP contribution >= 0.6 is 0 Å². The van der Waals surface area contributed by atoms with Gasteiger partial charge in [0.25, 0.3) is 0 Å². The second-order valence-corrected chi connectivity index (χ2v) is 10.3. The van der Waals surface area contributed by atoms with Gasteiger partial charge in [-0.1, -0.05) is 6.92 Å². The molecule has 2 fully saturated rings. The number of carbonyl (C=O) groups is 1. The van der Waals surface area contributed by atoms with Crippen molar-refractivity contribution in [2.75, 3.05) is 82.1 Å². The highest BCUT2D eigenvalue weighted by molar-refractivity contribution is 5.76. The molecule has 2 aliphatic heterocycles. The molecule has 0 atom stereocenters. The van der Waals surface area contributed by atoms with Crippen molar-refractivity contribution < 1.29 is 22.7 Å². The predicted molar refractivity (Wildman–Crippen MR) is 146 cm³/mol. The summed E-state index contributed by atoms with van der Waals surface area (Å²) in [4.78, 5) is 26.5. The van der Waals surface area contributed by atoms with Crippen LogP contribution in [0.25, 0.3) is 0 Å². The van der Waals surface area contributed by atoms with E-state index in [2.05, 4.69) is 50.6 Å². The topological polar surface area (TPSA) is 85.9 Å². The highest BCUT2D eigenvalue weighted by Gasteiger charge is 2.35. The van der Waals surface area contributed by atoms with Gasteiger partial charge in [0.05, 0.1) is 19.6 Å². The van der Waals surface area contributed by atoms with Crippen molar-refractivity contribution in [2.45, 2.75) is 32.4 Å². The van der Waals surface area contributed by atoms with Gasteiger partial charge in [-0.2, -0.15) is 18.2 Å². The molecule has 2 saturated heterocycles. The number of hydrogen-bond acceptors (Lipinski definition) is 8. The van der Waals surface area contributed by atoms with E-state index in [1.807, 2.05) is 19.1 Å². The fourth-order valence-electron chi connectivity index (χ4n) is 4.94. The minimum Gasteiger partial charge on any atom is -0.379 e. The zero-order valence-electron chi connectivity index (χ0n) is 22.9. The van der Waals surface area contributed by atoms with E-state index in [-0.39, 0.29) is 24.2 Å². The van der Waals surface area contributed by atoms with E-state index in [9.17, 15) is 18.0 Å². The molecule has 2 N–H and O–H groups in total. The summed E-state index contributed by atoms with van der Waals surface area (Å²) in [5.41, 5.74) is 2.01. The third kappa shape index (κ3) is 7.72. The molecule has 4 rings (SSSR count). The van der Waals surface area contributed by atoms with Crippen molar-refractivity contribution in [3.8, 4) is 0 Å². The quantitative estimate of drug-likeness (QED) is 0.409. The Labute approximate surface area is 227 Å². The summed E-state index contributed by atoms with van der Waals surface area (Å²) < 4.78 is 46.3. The lowest BCUT2D eigenvalue weighted by atomic mass is 9.97. The Balaban J connectivity index is 1.41. The maximum atomic E-state index is 13.7. The number of ether oxygens (including phenoxy) is 1. The van der Waals surface area contributed by atoms with E-state index in [1.54, 1.807) is 4.90 Å². The summed E-state index contributed by atoms with van der Waals surface area (Å²) in [6.45, 7) is 7.12. The van der Waals surface area contributed by atoms with E-state index in [0.29, 0.717) is 45.1 Å². The molecule has 0 radical (unpaired) electrons. The van der Waals surface area contributed by atoms with Crippen LogP contribution in [0.1, 0.15) is 30.9 Å². The molecule has 12 heteroatoms. The van der Waals surface area contributed by atoms with Gasteiger partial charge >= 0.3 is 6.18 Å². The van der Waals surface area contributed by atoms with Gasteiger partial charge in [0.15, 0.2) is 0 Å². The molecular weight excluding hydrogens is 511 g/mol. The number of benzene rings is 1. The summed E-state index contributed by atoms with van der Waals surface area (Å²) in [5.74, 6) is 0.445. The maximum absolute atomic E-state index is 13.7. The molecule has 9 nitrogen and oxygen atoms in total. The number of halogens is 3. The summed E-state index contributed by atoms with van der Waals surface area (Å²) >= 11 is 0. The van der Waals surface area contributed by atoms with Crippen LogP contribution in [0.15, 0.2) is 24.4 Å². The first-order valence-electron chi connectivity index (χ1n) is 13.5. The maximum Gasteiger partial charge on any atom is 0.421 e. The SMILES string of the molecule is CCc1cc(N2CC(CN(C)C)C2)ccc1Nc1ncc(C(F)(F)F)c(NCCCN2CCOCCC2=O)n1. The Hall–Kier alpha value is -3.12. The van der Waals surface area contributed by atoms with Crippen LogP contribution in [0.4, 0.5) is 36.3 Å². The molecule has 214 valence electrons. The van der Waals surface area contributed by atoms with Crippen LogP contribution in [-0.2, 0) is 22.1 Å². The number of aryl methyl sites for hydroxylation is 1. The highest BCUT2D eigenvalue weighted by Crippen LogP contribution is 2.35. The minimum atomic E-state index is -4.60. The number of nitrogens with one attached hydrogen (secondary N) is 2. The summed E-state index contributed by atoms with van der Waals surface area (Å²) in [5, 5.41) is 5.92. The van der Waals surface area contributed by atoms with Crippen molar-refractivity contribution in [2.24, 2.45) is 5.92 Å². The normalized spacial score (nSPS) is 16.8. The molecule has 0 saturated carbocycles. The molecular formula is C27H38F3N7O2. The fraction of sp³-hybridized carbons (Fsp3) is 0.593. The first-order valence-corrected chi connectivity index (χ1v) is 13.5. The molecule has 0 unspecified atom stereocenters. The molecule has 3 heterocycles. The van der Waals surface area contributed by atoms with Crippen LogP contribution in [0.3, 0.4) is 0 Å². The molecule has 2 aliphatic rings. The van der Waals surface area contributed by atoms with E-state index in [0.717, 1.165) is 49.2 Å². The molecule has 1 aromatic heterocycles. The van der Waals surface area contributed by atoms with Gasteiger partial charge in [-0.25, -0.2) is 4.98 Å². The lowest BCUT2D eigenvalue weighted by Gasteiger charge is -2.42. The molecule has 1 aromatic carbocycles. The van der Waals surface area contributed by atoms with Gasteiger partial charge in [-0.3, -0.25) is 4.79 Å². The van der Waals surface area contributed by atoms with Gasteiger partial charge in [-0.05, 0) is 50.7 Å². The number of hydrogen-bond donors (Lipinski definition) is 2. The third-order valence-corrected chi connectivity index (χ3v) is 6.97. The summed E-state index contributed by atoms with van der Waals surface area (Å²) in [7, 11) is 4.16. The molecule has 0 aliphatic carbocycles. The average molecular weight is 550 g/mol. The number of carbonyl (C=O) groups excluding carboxylic acids is 1. The van der Waals surface area contributed by atoms with E-state index in [4.69, 9.17) is 4.74 Å². The van der Waals surface area contributed by atoms with Crippen LogP contribution in [0, 0.1) is 5.92 Å². The molecule has 0 spiro atoms. The van der Waals surface area contributed by atoms with Crippen LogP contribution in [-0.4, -0.2) is 92.3 Å². The number of amides is 1. The Morgan fingerprint density at radius 1 is 1.21 bits per heavy atom. The number of alkyl halides is 3. The number of aromatic nitrogens is 2. The number of rotatable bonds is 11. The van der Waals surface area contributed by atoms with Crippen molar-refractivity contribution >= 4 is 29.0 Å². The lowest BCUT2D eigenvalue weighted by Crippen LogP contribution is -2.50. The Bertz CT molecular complexity index is 1120. The standard InChI is InChI=1S/C27H38F3N7O2/c1-4-20-14-21(37-17-19(18-37)16-35(2)3)6-7-23(20)33-26-32-15-22(27(28,29)30)25(34-26)31-9-5-10-36-11-13-39-12-8-24(36)38/h6-7,14-15,19H,4-5,8-13,16-18H2,1-3H3,(H2,31,32,33,34). The van der Waals surface area contributed by atoms with Crippen molar-refractivity contribution in [3.63, 3.8) is 0 Å². The smallest absolute Gasteiger partial charge is 0.379 e. The lowest BCUT2D eigenvalue weighted by molar-refractivity contribution is -0.137. The first kappa shape index (κ1) is 28.9. The van der Waals surface area contributed by atoms with Gasteiger partial charge in [0.2, 0.25) is 11.9 Å². The zero-order valence-corrected chi connectivity index (χ0v) is 22.9. The number of anilines is 4. The Morgan fingerprint density at radius 2 is 2.00 bits per heavy atom. The predicted octanol–water partition coefficient (Wildman–Crippen LogP) is 3.85. The van der Waals surface area contributed by atoms with Gasteiger partial charge in [0, 0.05) is 62.8 Å². The minimum absolute atomic E-state index is 0.00256. The molecule has 0 bridgehead atoms. The monoisotopic (exact) mass is 549 g/mol. The largest absolute Gasteiger partial charge is 0.421 e. The van der Waals surface area contributed by atoms with Gasteiger partial charge in [0.1, 0.15) is 11.4 Å². The van der Waals surface area contributed by atoms with Crippen molar-refractivity contribution in [1.82, 2.24) is 19.8 Å². The van der Waals surface area contributed by atoms with Crippen LogP contribution in [0.2, 0.25) is 0 Å². The van der Waals surface area contributed by atoms with E-state index < -0.39 is 11.7 Å². The van der Waals surface area contributed by atoms with E-state index >= 15 is 0 Å². The number of nitrogens with zero attached hydrogens (tertiary/aromatic N) is 5. The summed E-state index contributed by atoms with van der Waals surface area (Å²) in [6, 6.07) is 6.07. The van der Waals surface area contributed by atoms with Crippen LogP contribution < -0.4 is 15.5 Å². The van der Waals surface area contributed by atoms with Crippen molar-refractivity contribution in [1.29, 1.82) is 0 Å². The van der Waals surface area contributed by atoms with Crippen molar-refractivity contribution in [3.05, 3.63) is 35.5 Å². The Morgan fingerprint density at radius 3 is 2.72 bits per heavy atom.